The predicted octanol–water partition coefficient (Wildman–Crippen LogP) is 4.38. The Morgan fingerprint density at radius 3 is 2.24 bits per heavy atom. The smallest absolute Gasteiger partial charge is 0.336 e. The van der Waals surface area contributed by atoms with E-state index in [0.717, 1.165) is 57.8 Å². The second-order valence-corrected chi connectivity index (χ2v) is 7.01. The van der Waals surface area contributed by atoms with Gasteiger partial charge >= 0.3 is 11.9 Å². The normalized spacial score (nSPS) is 15.4. The summed E-state index contributed by atoms with van der Waals surface area (Å²) in [5.41, 5.74) is 0. The zero-order valence-electron chi connectivity index (χ0n) is 16.1. The van der Waals surface area contributed by atoms with Crippen molar-refractivity contribution in [1.29, 1.82) is 0 Å². The van der Waals surface area contributed by atoms with E-state index in [1.807, 2.05) is 0 Å². The molecule has 0 saturated carbocycles. The van der Waals surface area contributed by atoms with Gasteiger partial charge in [-0.2, -0.15) is 0 Å². The van der Waals surface area contributed by atoms with Gasteiger partial charge in [0.15, 0.2) is 0 Å². The first-order valence-corrected chi connectivity index (χ1v) is 10.1. The first-order chi connectivity index (χ1) is 12.1. The maximum atomic E-state index is 12.4. The number of amides is 1. The van der Waals surface area contributed by atoms with Crippen molar-refractivity contribution in [2.75, 3.05) is 6.54 Å². The molecule has 0 spiro atoms. The first-order valence-electron chi connectivity index (χ1n) is 10.1. The highest BCUT2D eigenvalue weighted by Crippen LogP contribution is 2.20. The lowest BCUT2D eigenvalue weighted by atomic mass is 10.1. The number of ether oxygens (including phenoxy) is 1. The van der Waals surface area contributed by atoms with E-state index in [1.54, 1.807) is 4.90 Å². The Morgan fingerprint density at radius 2 is 1.64 bits per heavy atom. The standard InChI is InChI=1S/C20H35NO4/c1-3-5-7-9-11-15-19(23)25-20(24)17(13-10-8-6-4-2)21-16-12-14-18(21)22/h17H,3-16H2,1-2H3. The Bertz CT molecular complexity index is 422. The van der Waals surface area contributed by atoms with Crippen LogP contribution in [0.1, 0.15) is 97.3 Å². The molecule has 1 aliphatic rings. The van der Waals surface area contributed by atoms with Crippen molar-refractivity contribution < 1.29 is 19.1 Å². The molecule has 0 N–H and O–H groups in total. The second-order valence-electron chi connectivity index (χ2n) is 7.01. The Kier molecular flexibility index (Phi) is 11.2. The molecule has 1 fully saturated rings. The number of hydrogen-bond donors (Lipinski definition) is 0. The lowest BCUT2D eigenvalue weighted by Gasteiger charge is -2.25. The molecule has 1 atom stereocenters. The molecule has 1 unspecified atom stereocenters. The molecule has 144 valence electrons. The van der Waals surface area contributed by atoms with Crippen molar-refractivity contribution in [1.82, 2.24) is 4.90 Å². The van der Waals surface area contributed by atoms with Crippen molar-refractivity contribution in [2.45, 2.75) is 103 Å². The summed E-state index contributed by atoms with van der Waals surface area (Å²) in [4.78, 5) is 38.0. The minimum absolute atomic E-state index is 0.00413. The number of rotatable bonds is 13. The van der Waals surface area contributed by atoms with Crippen LogP contribution in [0.3, 0.4) is 0 Å². The fourth-order valence-corrected chi connectivity index (χ4v) is 3.27. The third-order valence-electron chi connectivity index (χ3n) is 4.79. The van der Waals surface area contributed by atoms with Gasteiger partial charge in [0.05, 0.1) is 0 Å². The van der Waals surface area contributed by atoms with Gasteiger partial charge in [0.1, 0.15) is 6.04 Å². The van der Waals surface area contributed by atoms with E-state index < -0.39 is 18.0 Å². The number of nitrogens with zero attached hydrogens (tertiary/aromatic N) is 1. The third-order valence-corrected chi connectivity index (χ3v) is 4.79. The van der Waals surface area contributed by atoms with Crippen molar-refractivity contribution in [3.8, 4) is 0 Å². The molecule has 1 amide bonds. The summed E-state index contributed by atoms with van der Waals surface area (Å²) >= 11 is 0. The van der Waals surface area contributed by atoms with Crippen LogP contribution < -0.4 is 0 Å². The van der Waals surface area contributed by atoms with E-state index in [4.69, 9.17) is 4.74 Å². The highest BCUT2D eigenvalue weighted by molar-refractivity contribution is 5.91. The number of hydrogen-bond acceptors (Lipinski definition) is 4. The summed E-state index contributed by atoms with van der Waals surface area (Å²) < 4.78 is 5.07. The van der Waals surface area contributed by atoms with Gasteiger partial charge in [0, 0.05) is 19.4 Å². The summed E-state index contributed by atoms with van der Waals surface area (Å²) in [6.07, 6.45) is 11.5. The van der Waals surface area contributed by atoms with Crippen molar-refractivity contribution in [3.05, 3.63) is 0 Å². The van der Waals surface area contributed by atoms with Crippen LogP contribution in [-0.4, -0.2) is 35.3 Å². The van der Waals surface area contributed by atoms with Gasteiger partial charge in [-0.1, -0.05) is 65.2 Å². The van der Waals surface area contributed by atoms with E-state index in [9.17, 15) is 14.4 Å². The molecule has 1 rings (SSSR count). The van der Waals surface area contributed by atoms with E-state index in [1.165, 1.54) is 6.42 Å². The molecule has 25 heavy (non-hydrogen) atoms. The monoisotopic (exact) mass is 353 g/mol. The molecule has 0 aliphatic carbocycles. The van der Waals surface area contributed by atoms with Crippen molar-refractivity contribution >= 4 is 17.8 Å². The lowest BCUT2D eigenvalue weighted by molar-refractivity contribution is -0.165. The third kappa shape index (κ3) is 8.50. The average molecular weight is 354 g/mol. The SMILES string of the molecule is CCCCCCCC(=O)OC(=O)C(CCCCCC)N1CCCC1=O. The molecule has 5 nitrogen and oxygen atoms in total. The van der Waals surface area contributed by atoms with Crippen LogP contribution in [0.5, 0.6) is 0 Å². The summed E-state index contributed by atoms with van der Waals surface area (Å²) in [5, 5.41) is 0. The zero-order chi connectivity index (χ0) is 18.5. The molecule has 0 aromatic heterocycles. The predicted molar refractivity (Wildman–Crippen MR) is 98.0 cm³/mol. The molecule has 1 heterocycles. The molecule has 5 heteroatoms. The highest BCUT2D eigenvalue weighted by atomic mass is 16.6. The molecule has 1 aliphatic heterocycles. The Morgan fingerprint density at radius 1 is 1.00 bits per heavy atom. The lowest BCUT2D eigenvalue weighted by Crippen LogP contribution is -2.43. The summed E-state index contributed by atoms with van der Waals surface area (Å²) in [5.74, 6) is -0.985. The number of unbranched alkanes of at least 4 members (excludes halogenated alkanes) is 7. The topological polar surface area (TPSA) is 63.7 Å². The van der Waals surface area contributed by atoms with Gasteiger partial charge in [-0.3, -0.25) is 9.59 Å². The van der Waals surface area contributed by atoms with Crippen LogP contribution in [0.25, 0.3) is 0 Å². The first kappa shape index (κ1) is 21.7. The van der Waals surface area contributed by atoms with E-state index in [-0.39, 0.29) is 12.3 Å². The Balaban J connectivity index is 2.45. The average Bonchev–Trinajstić information content (AvgIpc) is 3.00. The summed E-state index contributed by atoms with van der Waals surface area (Å²) in [6.45, 7) is 4.87. The van der Waals surface area contributed by atoms with Gasteiger partial charge in [0.25, 0.3) is 0 Å². The van der Waals surface area contributed by atoms with Gasteiger partial charge < -0.3 is 9.64 Å². The van der Waals surface area contributed by atoms with Crippen LogP contribution >= 0.6 is 0 Å². The quantitative estimate of drug-likeness (QED) is 0.280. The minimum Gasteiger partial charge on any atom is -0.392 e. The fourth-order valence-electron chi connectivity index (χ4n) is 3.27. The molecular weight excluding hydrogens is 318 g/mol. The van der Waals surface area contributed by atoms with Crippen molar-refractivity contribution in [3.63, 3.8) is 0 Å². The summed E-state index contributed by atoms with van der Waals surface area (Å²) in [7, 11) is 0. The molecule has 1 saturated heterocycles. The van der Waals surface area contributed by atoms with Crippen LogP contribution in [0.15, 0.2) is 0 Å². The van der Waals surface area contributed by atoms with E-state index in [0.29, 0.717) is 19.4 Å². The maximum Gasteiger partial charge on any atom is 0.336 e. The van der Waals surface area contributed by atoms with Gasteiger partial charge in [0.2, 0.25) is 5.91 Å². The second kappa shape index (κ2) is 12.9. The van der Waals surface area contributed by atoms with Crippen LogP contribution in [0.4, 0.5) is 0 Å². The maximum absolute atomic E-state index is 12.4. The fraction of sp³-hybridized carbons (Fsp3) is 0.850. The summed E-state index contributed by atoms with van der Waals surface area (Å²) in [6, 6.07) is -0.587. The van der Waals surface area contributed by atoms with Crippen LogP contribution in [0, 0.1) is 0 Å². The number of likely N-dealkylation sites (tertiary alicyclic amines) is 1. The Labute approximate surface area is 152 Å². The molecular formula is C20H35NO4. The largest absolute Gasteiger partial charge is 0.392 e. The van der Waals surface area contributed by atoms with Crippen molar-refractivity contribution in [2.24, 2.45) is 0 Å². The minimum atomic E-state index is -0.587. The number of carbonyl (C=O) groups excluding carboxylic acids is 3. The molecule has 0 radical (unpaired) electrons. The molecule has 0 aromatic rings. The molecule has 0 aromatic carbocycles. The molecule has 0 bridgehead atoms. The van der Waals surface area contributed by atoms with E-state index in [2.05, 4.69) is 13.8 Å². The highest BCUT2D eigenvalue weighted by Gasteiger charge is 2.34. The van der Waals surface area contributed by atoms with Crippen LogP contribution in [0.2, 0.25) is 0 Å². The number of carbonyl (C=O) groups is 3. The number of esters is 2. The van der Waals surface area contributed by atoms with Crippen LogP contribution in [-0.2, 0) is 19.1 Å². The zero-order valence-corrected chi connectivity index (χ0v) is 16.1. The van der Waals surface area contributed by atoms with Gasteiger partial charge in [-0.25, -0.2) is 4.79 Å². The van der Waals surface area contributed by atoms with E-state index >= 15 is 0 Å². The Hall–Kier alpha value is -1.39. The van der Waals surface area contributed by atoms with Gasteiger partial charge in [-0.15, -0.1) is 0 Å². The van der Waals surface area contributed by atoms with Gasteiger partial charge in [-0.05, 0) is 19.3 Å².